The fourth-order valence-corrected chi connectivity index (χ4v) is 3.37. The molecular formula is C24H32N2O2. The van der Waals surface area contributed by atoms with Gasteiger partial charge in [-0.1, -0.05) is 67.9 Å². The van der Waals surface area contributed by atoms with Crippen molar-refractivity contribution in [1.29, 1.82) is 0 Å². The second-order valence-corrected chi connectivity index (χ2v) is 7.33. The molecule has 0 unspecified atom stereocenters. The first-order chi connectivity index (χ1) is 13.5. The van der Waals surface area contributed by atoms with Gasteiger partial charge < -0.3 is 10.2 Å². The topological polar surface area (TPSA) is 49.4 Å². The van der Waals surface area contributed by atoms with Crippen LogP contribution in [-0.2, 0) is 22.6 Å². The van der Waals surface area contributed by atoms with E-state index in [0.29, 0.717) is 25.9 Å². The third kappa shape index (κ3) is 5.95. The van der Waals surface area contributed by atoms with Crippen molar-refractivity contribution in [2.45, 2.75) is 59.5 Å². The molecule has 0 aliphatic rings. The van der Waals surface area contributed by atoms with Crippen molar-refractivity contribution in [3.63, 3.8) is 0 Å². The van der Waals surface area contributed by atoms with Crippen LogP contribution in [0.4, 0.5) is 0 Å². The maximum Gasteiger partial charge on any atom is 0.242 e. The molecule has 4 heteroatoms. The standard InChI is InChI=1S/C24H32N2O2/c1-5-14-25-24(28)22(6-2)26(17-20-12-9-10-18(3)15-20)23(27)16-21-13-8-7-11-19(21)4/h7-13,15,22H,5-6,14,16-17H2,1-4H3,(H,25,28)/t22-/m1/s1. The van der Waals surface area contributed by atoms with Crippen LogP contribution in [0.2, 0.25) is 0 Å². The molecule has 0 aromatic heterocycles. The zero-order chi connectivity index (χ0) is 20.5. The van der Waals surface area contributed by atoms with Crippen LogP contribution >= 0.6 is 0 Å². The van der Waals surface area contributed by atoms with Gasteiger partial charge in [0.15, 0.2) is 0 Å². The molecule has 1 N–H and O–H groups in total. The quantitative estimate of drug-likeness (QED) is 0.709. The van der Waals surface area contributed by atoms with E-state index in [1.165, 1.54) is 0 Å². The number of hydrogen-bond acceptors (Lipinski definition) is 2. The second-order valence-electron chi connectivity index (χ2n) is 7.33. The molecule has 0 spiro atoms. The van der Waals surface area contributed by atoms with E-state index < -0.39 is 6.04 Å². The van der Waals surface area contributed by atoms with Crippen LogP contribution < -0.4 is 5.32 Å². The van der Waals surface area contributed by atoms with E-state index in [-0.39, 0.29) is 11.8 Å². The summed E-state index contributed by atoms with van der Waals surface area (Å²) in [7, 11) is 0. The molecule has 2 aromatic rings. The third-order valence-electron chi connectivity index (χ3n) is 4.97. The van der Waals surface area contributed by atoms with Crippen LogP contribution in [0.15, 0.2) is 48.5 Å². The predicted octanol–water partition coefficient (Wildman–Crippen LogP) is 4.18. The molecule has 0 saturated heterocycles. The average molecular weight is 381 g/mol. The van der Waals surface area contributed by atoms with Gasteiger partial charge >= 0.3 is 0 Å². The van der Waals surface area contributed by atoms with Crippen molar-refractivity contribution in [2.24, 2.45) is 0 Å². The van der Waals surface area contributed by atoms with Crippen molar-refractivity contribution >= 4 is 11.8 Å². The minimum Gasteiger partial charge on any atom is -0.354 e. The first-order valence-corrected chi connectivity index (χ1v) is 10.1. The summed E-state index contributed by atoms with van der Waals surface area (Å²) in [5.41, 5.74) is 4.28. The van der Waals surface area contributed by atoms with Gasteiger partial charge in [-0.25, -0.2) is 0 Å². The molecule has 1 atom stereocenters. The first kappa shape index (κ1) is 21.7. The lowest BCUT2D eigenvalue weighted by molar-refractivity contribution is -0.140. The number of carbonyl (C=O) groups excluding carboxylic acids is 2. The van der Waals surface area contributed by atoms with E-state index in [9.17, 15) is 9.59 Å². The number of nitrogens with zero attached hydrogens (tertiary/aromatic N) is 1. The number of hydrogen-bond donors (Lipinski definition) is 1. The number of amides is 2. The lowest BCUT2D eigenvalue weighted by atomic mass is 10.0. The van der Waals surface area contributed by atoms with Crippen molar-refractivity contribution in [3.8, 4) is 0 Å². The lowest BCUT2D eigenvalue weighted by Crippen LogP contribution is -2.49. The summed E-state index contributed by atoms with van der Waals surface area (Å²) >= 11 is 0. The SMILES string of the molecule is CCCNC(=O)[C@@H](CC)N(Cc1cccc(C)c1)C(=O)Cc1ccccc1C. The Morgan fingerprint density at radius 1 is 1.04 bits per heavy atom. The van der Waals surface area contributed by atoms with Crippen molar-refractivity contribution in [2.75, 3.05) is 6.54 Å². The summed E-state index contributed by atoms with van der Waals surface area (Å²) in [5, 5.41) is 2.96. The summed E-state index contributed by atoms with van der Waals surface area (Å²) in [6.45, 7) is 9.09. The maximum absolute atomic E-state index is 13.3. The zero-order valence-corrected chi connectivity index (χ0v) is 17.5. The molecule has 0 saturated carbocycles. The fraction of sp³-hybridized carbons (Fsp3) is 0.417. The monoisotopic (exact) mass is 380 g/mol. The molecular weight excluding hydrogens is 348 g/mol. The Labute approximate surface area is 169 Å². The minimum atomic E-state index is -0.469. The number of carbonyl (C=O) groups is 2. The molecule has 0 aliphatic heterocycles. The minimum absolute atomic E-state index is 0.0192. The maximum atomic E-state index is 13.3. The summed E-state index contributed by atoms with van der Waals surface area (Å²) in [4.78, 5) is 27.8. The Bertz CT molecular complexity index is 801. The van der Waals surface area contributed by atoms with Crippen molar-refractivity contribution in [1.82, 2.24) is 10.2 Å². The van der Waals surface area contributed by atoms with E-state index >= 15 is 0 Å². The molecule has 0 radical (unpaired) electrons. The summed E-state index contributed by atoms with van der Waals surface area (Å²) in [6, 6.07) is 15.6. The molecule has 2 aromatic carbocycles. The average Bonchev–Trinajstić information content (AvgIpc) is 2.68. The summed E-state index contributed by atoms with van der Waals surface area (Å²) in [6.07, 6.45) is 1.76. The number of nitrogens with one attached hydrogen (secondary N) is 1. The number of benzene rings is 2. The van der Waals surface area contributed by atoms with Crippen LogP contribution in [0.1, 0.15) is 48.9 Å². The Hall–Kier alpha value is -2.62. The smallest absolute Gasteiger partial charge is 0.242 e. The molecule has 4 nitrogen and oxygen atoms in total. The van der Waals surface area contributed by atoms with E-state index in [1.54, 1.807) is 4.90 Å². The predicted molar refractivity (Wildman–Crippen MR) is 114 cm³/mol. The van der Waals surface area contributed by atoms with Crippen LogP contribution in [-0.4, -0.2) is 29.3 Å². The molecule has 2 rings (SSSR count). The Balaban J connectivity index is 2.29. The lowest BCUT2D eigenvalue weighted by Gasteiger charge is -2.31. The molecule has 150 valence electrons. The highest BCUT2D eigenvalue weighted by Crippen LogP contribution is 2.17. The van der Waals surface area contributed by atoms with Gasteiger partial charge in [0.1, 0.15) is 6.04 Å². The van der Waals surface area contributed by atoms with Crippen LogP contribution in [0.5, 0.6) is 0 Å². The zero-order valence-electron chi connectivity index (χ0n) is 17.5. The van der Waals surface area contributed by atoms with Crippen LogP contribution in [0.3, 0.4) is 0 Å². The van der Waals surface area contributed by atoms with E-state index in [4.69, 9.17) is 0 Å². The van der Waals surface area contributed by atoms with Gasteiger partial charge in [0, 0.05) is 13.1 Å². The Kier molecular flexibility index (Phi) is 8.24. The van der Waals surface area contributed by atoms with Crippen LogP contribution in [0.25, 0.3) is 0 Å². The highest BCUT2D eigenvalue weighted by atomic mass is 16.2. The largest absolute Gasteiger partial charge is 0.354 e. The van der Waals surface area contributed by atoms with Gasteiger partial charge in [0.05, 0.1) is 6.42 Å². The van der Waals surface area contributed by atoms with Gasteiger partial charge in [-0.05, 0) is 43.4 Å². The van der Waals surface area contributed by atoms with E-state index in [2.05, 4.69) is 11.4 Å². The van der Waals surface area contributed by atoms with E-state index in [0.717, 1.165) is 28.7 Å². The molecule has 2 amide bonds. The second kappa shape index (κ2) is 10.6. The highest BCUT2D eigenvalue weighted by Gasteiger charge is 2.28. The molecule has 28 heavy (non-hydrogen) atoms. The molecule has 0 bridgehead atoms. The number of rotatable bonds is 9. The Morgan fingerprint density at radius 2 is 1.79 bits per heavy atom. The third-order valence-corrected chi connectivity index (χ3v) is 4.97. The summed E-state index contributed by atoms with van der Waals surface area (Å²) in [5.74, 6) is -0.0931. The normalized spacial score (nSPS) is 11.7. The van der Waals surface area contributed by atoms with Crippen molar-refractivity contribution < 1.29 is 9.59 Å². The van der Waals surface area contributed by atoms with Gasteiger partial charge in [-0.2, -0.15) is 0 Å². The van der Waals surface area contributed by atoms with Gasteiger partial charge in [0.2, 0.25) is 11.8 Å². The molecule has 0 aliphatic carbocycles. The van der Waals surface area contributed by atoms with E-state index in [1.807, 2.05) is 70.2 Å². The highest BCUT2D eigenvalue weighted by molar-refractivity contribution is 5.88. The molecule has 0 fully saturated rings. The fourth-order valence-electron chi connectivity index (χ4n) is 3.37. The van der Waals surface area contributed by atoms with Crippen molar-refractivity contribution in [3.05, 3.63) is 70.8 Å². The Morgan fingerprint density at radius 3 is 2.43 bits per heavy atom. The van der Waals surface area contributed by atoms with Gasteiger partial charge in [-0.15, -0.1) is 0 Å². The van der Waals surface area contributed by atoms with Crippen LogP contribution in [0, 0.1) is 13.8 Å². The number of aryl methyl sites for hydroxylation is 2. The first-order valence-electron chi connectivity index (χ1n) is 10.1. The summed E-state index contributed by atoms with van der Waals surface area (Å²) < 4.78 is 0. The molecule has 0 heterocycles. The van der Waals surface area contributed by atoms with Gasteiger partial charge in [-0.3, -0.25) is 9.59 Å². The van der Waals surface area contributed by atoms with Gasteiger partial charge in [0.25, 0.3) is 0 Å².